The third-order valence-corrected chi connectivity index (χ3v) is 3.28. The second kappa shape index (κ2) is 6.96. The highest BCUT2D eigenvalue weighted by Gasteiger charge is 2.14. The van der Waals surface area contributed by atoms with E-state index in [1.165, 1.54) is 5.56 Å². The van der Waals surface area contributed by atoms with Crippen molar-refractivity contribution in [3.05, 3.63) is 48.0 Å². The first-order valence-corrected chi connectivity index (χ1v) is 6.81. The number of benzene rings is 2. The van der Waals surface area contributed by atoms with Crippen molar-refractivity contribution in [3.63, 3.8) is 0 Å². The lowest BCUT2D eigenvalue weighted by molar-refractivity contribution is 0.397. The van der Waals surface area contributed by atoms with Crippen LogP contribution in [0.3, 0.4) is 0 Å². The minimum absolute atomic E-state index is 0.827. The van der Waals surface area contributed by atoms with E-state index in [4.69, 9.17) is 9.47 Å². The van der Waals surface area contributed by atoms with Crippen LogP contribution < -0.4 is 14.8 Å². The average Bonchev–Trinajstić information content (AvgIpc) is 2.52. The molecule has 0 fully saturated rings. The van der Waals surface area contributed by atoms with E-state index in [-0.39, 0.29) is 0 Å². The van der Waals surface area contributed by atoms with E-state index < -0.39 is 0 Å². The average molecular weight is 271 g/mol. The van der Waals surface area contributed by atoms with Crippen molar-refractivity contribution in [2.24, 2.45) is 0 Å². The van der Waals surface area contributed by atoms with Gasteiger partial charge < -0.3 is 14.8 Å². The summed E-state index contributed by atoms with van der Waals surface area (Å²) in [5.41, 5.74) is 3.38. The zero-order valence-corrected chi connectivity index (χ0v) is 12.3. The standard InChI is InChI=1S/C17H21NO2/c1-4-18-12-13-8-5-6-9-14(13)17-15(19-2)10-7-11-16(17)20-3/h5-11,18H,4,12H2,1-3H3. The molecule has 0 radical (unpaired) electrons. The molecule has 106 valence electrons. The monoisotopic (exact) mass is 271 g/mol. The molecule has 0 unspecified atom stereocenters. The summed E-state index contributed by atoms with van der Waals surface area (Å²) in [6.07, 6.45) is 0. The van der Waals surface area contributed by atoms with E-state index in [9.17, 15) is 0 Å². The van der Waals surface area contributed by atoms with Crippen molar-refractivity contribution in [1.82, 2.24) is 5.32 Å². The molecule has 0 amide bonds. The fourth-order valence-corrected chi connectivity index (χ4v) is 2.29. The zero-order chi connectivity index (χ0) is 14.4. The molecule has 2 rings (SSSR count). The highest BCUT2D eigenvalue weighted by molar-refractivity contribution is 5.79. The van der Waals surface area contributed by atoms with Crippen molar-refractivity contribution in [2.75, 3.05) is 20.8 Å². The molecule has 0 bridgehead atoms. The van der Waals surface area contributed by atoms with Crippen molar-refractivity contribution in [2.45, 2.75) is 13.5 Å². The molecule has 0 spiro atoms. The van der Waals surface area contributed by atoms with Gasteiger partial charge in [0.25, 0.3) is 0 Å². The van der Waals surface area contributed by atoms with Crippen molar-refractivity contribution in [3.8, 4) is 22.6 Å². The Morgan fingerprint density at radius 2 is 1.55 bits per heavy atom. The van der Waals surface area contributed by atoms with Crippen LogP contribution in [0, 0.1) is 0 Å². The van der Waals surface area contributed by atoms with Gasteiger partial charge in [0.1, 0.15) is 11.5 Å². The molecule has 2 aromatic rings. The largest absolute Gasteiger partial charge is 0.496 e. The summed E-state index contributed by atoms with van der Waals surface area (Å²) in [6.45, 7) is 3.87. The Bertz CT molecular complexity index is 544. The number of ether oxygens (including phenoxy) is 2. The van der Waals surface area contributed by atoms with E-state index in [1.807, 2.05) is 24.3 Å². The molecule has 1 N–H and O–H groups in total. The Kier molecular flexibility index (Phi) is 5.02. The summed E-state index contributed by atoms with van der Waals surface area (Å²) in [6, 6.07) is 14.2. The lowest BCUT2D eigenvalue weighted by Gasteiger charge is -2.16. The fraction of sp³-hybridized carbons (Fsp3) is 0.294. The number of hydrogen-bond donors (Lipinski definition) is 1. The smallest absolute Gasteiger partial charge is 0.130 e. The highest BCUT2D eigenvalue weighted by atomic mass is 16.5. The van der Waals surface area contributed by atoms with Gasteiger partial charge in [-0.2, -0.15) is 0 Å². The Labute approximate surface area is 120 Å². The topological polar surface area (TPSA) is 30.5 Å². The van der Waals surface area contributed by atoms with Crippen LogP contribution in [0.2, 0.25) is 0 Å². The summed E-state index contributed by atoms with van der Waals surface area (Å²) in [5, 5.41) is 3.37. The molecule has 3 nitrogen and oxygen atoms in total. The molecule has 0 atom stereocenters. The number of nitrogens with one attached hydrogen (secondary N) is 1. The van der Waals surface area contributed by atoms with E-state index in [0.717, 1.165) is 35.7 Å². The maximum atomic E-state index is 5.50. The van der Waals surface area contributed by atoms with Gasteiger partial charge in [-0.1, -0.05) is 37.3 Å². The van der Waals surface area contributed by atoms with Gasteiger partial charge in [-0.3, -0.25) is 0 Å². The van der Waals surface area contributed by atoms with Gasteiger partial charge in [-0.15, -0.1) is 0 Å². The zero-order valence-electron chi connectivity index (χ0n) is 12.3. The van der Waals surface area contributed by atoms with Gasteiger partial charge in [-0.05, 0) is 29.8 Å². The molecule has 0 aliphatic carbocycles. The Morgan fingerprint density at radius 1 is 0.900 bits per heavy atom. The highest BCUT2D eigenvalue weighted by Crippen LogP contribution is 2.39. The lowest BCUT2D eigenvalue weighted by atomic mass is 9.97. The molecule has 3 heteroatoms. The Morgan fingerprint density at radius 3 is 2.15 bits per heavy atom. The van der Waals surface area contributed by atoms with E-state index >= 15 is 0 Å². The third kappa shape index (κ3) is 2.94. The fourth-order valence-electron chi connectivity index (χ4n) is 2.29. The van der Waals surface area contributed by atoms with Crippen LogP contribution in [0.5, 0.6) is 11.5 Å². The molecule has 2 aromatic carbocycles. The summed E-state index contributed by atoms with van der Waals surface area (Å²) in [7, 11) is 3.37. The van der Waals surface area contributed by atoms with Crippen LogP contribution in [0.15, 0.2) is 42.5 Å². The minimum Gasteiger partial charge on any atom is -0.496 e. The van der Waals surface area contributed by atoms with E-state index in [2.05, 4.69) is 30.4 Å². The second-order valence-corrected chi connectivity index (χ2v) is 4.48. The van der Waals surface area contributed by atoms with Crippen molar-refractivity contribution in [1.29, 1.82) is 0 Å². The first kappa shape index (κ1) is 14.4. The summed E-state index contributed by atoms with van der Waals surface area (Å²) >= 11 is 0. The second-order valence-electron chi connectivity index (χ2n) is 4.48. The van der Waals surface area contributed by atoms with Crippen LogP contribution in [0.1, 0.15) is 12.5 Å². The molecule has 0 heterocycles. The SMILES string of the molecule is CCNCc1ccccc1-c1c(OC)cccc1OC. The minimum atomic E-state index is 0.827. The van der Waals surface area contributed by atoms with Gasteiger partial charge in [0, 0.05) is 6.54 Å². The Balaban J connectivity index is 2.55. The summed E-state index contributed by atoms with van der Waals surface area (Å²) in [4.78, 5) is 0. The molecule has 0 aromatic heterocycles. The maximum absolute atomic E-state index is 5.50. The van der Waals surface area contributed by atoms with Gasteiger partial charge in [0.2, 0.25) is 0 Å². The van der Waals surface area contributed by atoms with Crippen molar-refractivity contribution >= 4 is 0 Å². The third-order valence-electron chi connectivity index (χ3n) is 3.28. The van der Waals surface area contributed by atoms with Crippen LogP contribution in [-0.4, -0.2) is 20.8 Å². The quantitative estimate of drug-likeness (QED) is 0.872. The van der Waals surface area contributed by atoms with Gasteiger partial charge in [-0.25, -0.2) is 0 Å². The molecule has 20 heavy (non-hydrogen) atoms. The van der Waals surface area contributed by atoms with Crippen LogP contribution in [0.4, 0.5) is 0 Å². The number of methoxy groups -OCH3 is 2. The Hall–Kier alpha value is -2.00. The summed E-state index contributed by atoms with van der Waals surface area (Å²) in [5.74, 6) is 1.65. The maximum Gasteiger partial charge on any atom is 0.130 e. The lowest BCUT2D eigenvalue weighted by Crippen LogP contribution is -2.12. The van der Waals surface area contributed by atoms with Crippen LogP contribution in [-0.2, 0) is 6.54 Å². The van der Waals surface area contributed by atoms with Gasteiger partial charge in [0.05, 0.1) is 19.8 Å². The molecule has 0 aliphatic rings. The molecule has 0 saturated heterocycles. The molecular formula is C17H21NO2. The first-order valence-electron chi connectivity index (χ1n) is 6.81. The molecular weight excluding hydrogens is 250 g/mol. The molecule has 0 saturated carbocycles. The van der Waals surface area contributed by atoms with Crippen LogP contribution >= 0.6 is 0 Å². The predicted molar refractivity (Wildman–Crippen MR) is 82.4 cm³/mol. The van der Waals surface area contributed by atoms with Crippen LogP contribution in [0.25, 0.3) is 11.1 Å². The summed E-state index contributed by atoms with van der Waals surface area (Å²) < 4.78 is 11.0. The number of hydrogen-bond acceptors (Lipinski definition) is 3. The van der Waals surface area contributed by atoms with E-state index in [0.29, 0.717) is 0 Å². The van der Waals surface area contributed by atoms with E-state index in [1.54, 1.807) is 14.2 Å². The number of rotatable bonds is 6. The predicted octanol–water partition coefficient (Wildman–Crippen LogP) is 3.48. The first-order chi connectivity index (χ1) is 9.81. The van der Waals surface area contributed by atoms with Gasteiger partial charge in [0.15, 0.2) is 0 Å². The van der Waals surface area contributed by atoms with Gasteiger partial charge >= 0.3 is 0 Å². The van der Waals surface area contributed by atoms with Crippen molar-refractivity contribution < 1.29 is 9.47 Å². The molecule has 0 aliphatic heterocycles. The normalized spacial score (nSPS) is 10.3.